The molecule has 0 unspecified atom stereocenters. The van der Waals surface area contributed by atoms with Gasteiger partial charge in [0.25, 0.3) is 0 Å². The van der Waals surface area contributed by atoms with Crippen LogP contribution in [0.3, 0.4) is 0 Å². The predicted octanol–water partition coefficient (Wildman–Crippen LogP) is 8.68. The van der Waals surface area contributed by atoms with Crippen LogP contribution in [-0.2, 0) is 4.79 Å². The number of hydrogen-bond acceptors (Lipinski definition) is 1. The number of rotatable bonds is 20. The fraction of sp³-hybridized carbons (Fsp3) is 0.958. The average Bonchev–Trinajstić information content (AvgIpc) is 2.66. The van der Waals surface area contributed by atoms with E-state index >= 15 is 0 Å². The molecule has 2 radical (unpaired) electrons. The first-order chi connectivity index (χ1) is 13.2. The second kappa shape index (κ2) is 28.5. The van der Waals surface area contributed by atoms with Gasteiger partial charge in [0.15, 0.2) is 0 Å². The summed E-state index contributed by atoms with van der Waals surface area (Å²) in [5, 5.41) is 8.41. The molecule has 162 valence electrons. The molecule has 0 saturated heterocycles. The molecule has 0 aromatic carbocycles. The summed E-state index contributed by atoms with van der Waals surface area (Å²) in [6.45, 7) is 6.82. The Hall–Kier alpha value is 0.269. The van der Waals surface area contributed by atoms with E-state index in [0.29, 0.717) is 6.42 Å². The van der Waals surface area contributed by atoms with Crippen molar-refractivity contribution in [2.24, 2.45) is 0 Å². The SMILES string of the molecule is CCCCCCCCCCCC(=O)O.CCCCC[CH2][Sn][CH2]CCCCC. The monoisotopic (exact) mass is 490 g/mol. The van der Waals surface area contributed by atoms with Crippen molar-refractivity contribution in [3.05, 3.63) is 0 Å². The van der Waals surface area contributed by atoms with E-state index in [-0.39, 0.29) is 21.1 Å². The molecule has 0 spiro atoms. The first-order valence-corrected chi connectivity index (χ1v) is 16.1. The predicted molar refractivity (Wildman–Crippen MR) is 123 cm³/mol. The first-order valence-electron chi connectivity index (χ1n) is 12.1. The Morgan fingerprint density at radius 1 is 0.556 bits per heavy atom. The maximum absolute atomic E-state index is 10.2. The van der Waals surface area contributed by atoms with Gasteiger partial charge in [0.1, 0.15) is 0 Å². The van der Waals surface area contributed by atoms with Gasteiger partial charge in [0.05, 0.1) is 0 Å². The van der Waals surface area contributed by atoms with Crippen molar-refractivity contribution in [2.45, 2.75) is 145 Å². The summed E-state index contributed by atoms with van der Waals surface area (Å²) in [4.78, 5) is 10.2. The summed E-state index contributed by atoms with van der Waals surface area (Å²) >= 11 is 0.104. The van der Waals surface area contributed by atoms with Crippen molar-refractivity contribution in [2.75, 3.05) is 0 Å². The van der Waals surface area contributed by atoms with Crippen LogP contribution in [0.2, 0.25) is 8.87 Å². The summed E-state index contributed by atoms with van der Waals surface area (Å²) in [5.74, 6) is -0.659. The molecular formula is C24H50O2Sn. The number of carboxylic acids is 1. The van der Waals surface area contributed by atoms with E-state index in [1.807, 2.05) is 0 Å². The second-order valence-electron chi connectivity index (χ2n) is 7.84. The molecule has 0 aliphatic heterocycles. The topological polar surface area (TPSA) is 37.3 Å². The number of hydrogen-bond donors (Lipinski definition) is 1. The minimum atomic E-state index is -0.659. The Kier molecular flexibility index (Phi) is 31.1. The van der Waals surface area contributed by atoms with Crippen LogP contribution in [0.25, 0.3) is 0 Å². The quantitative estimate of drug-likeness (QED) is 0.137. The zero-order valence-corrected chi connectivity index (χ0v) is 21.9. The number of carbonyl (C=O) groups is 1. The van der Waals surface area contributed by atoms with Gasteiger partial charge in [-0.15, -0.1) is 0 Å². The Balaban J connectivity index is 0. The molecule has 0 aliphatic carbocycles. The molecule has 0 aromatic rings. The molecule has 0 rings (SSSR count). The van der Waals surface area contributed by atoms with Crippen LogP contribution < -0.4 is 0 Å². The van der Waals surface area contributed by atoms with Crippen molar-refractivity contribution in [1.82, 2.24) is 0 Å². The zero-order chi connectivity index (χ0) is 20.4. The molecule has 2 nitrogen and oxygen atoms in total. The van der Waals surface area contributed by atoms with Gasteiger partial charge in [-0.25, -0.2) is 0 Å². The van der Waals surface area contributed by atoms with Crippen LogP contribution in [0.15, 0.2) is 0 Å². The number of carboxylic acid groups (broad SMARTS) is 1. The molecule has 0 saturated carbocycles. The van der Waals surface area contributed by atoms with Crippen molar-refractivity contribution in [1.29, 1.82) is 0 Å². The van der Waals surface area contributed by atoms with E-state index in [1.165, 1.54) is 83.5 Å². The van der Waals surface area contributed by atoms with E-state index < -0.39 is 5.97 Å². The van der Waals surface area contributed by atoms with Crippen LogP contribution >= 0.6 is 0 Å². The summed E-state index contributed by atoms with van der Waals surface area (Å²) in [6, 6.07) is 0. The van der Waals surface area contributed by atoms with Gasteiger partial charge in [0.2, 0.25) is 0 Å². The third-order valence-corrected chi connectivity index (χ3v) is 8.94. The Morgan fingerprint density at radius 3 is 1.26 bits per heavy atom. The third kappa shape index (κ3) is 34.2. The molecule has 0 amide bonds. The van der Waals surface area contributed by atoms with Crippen LogP contribution in [0.5, 0.6) is 0 Å². The van der Waals surface area contributed by atoms with Gasteiger partial charge in [-0.05, 0) is 6.42 Å². The van der Waals surface area contributed by atoms with Gasteiger partial charge in [-0.1, -0.05) is 58.3 Å². The zero-order valence-electron chi connectivity index (χ0n) is 19.0. The molecular weight excluding hydrogens is 439 g/mol. The molecule has 1 N–H and O–H groups in total. The van der Waals surface area contributed by atoms with Gasteiger partial charge in [-0.2, -0.15) is 0 Å². The van der Waals surface area contributed by atoms with Crippen LogP contribution in [0, 0.1) is 0 Å². The summed E-state index contributed by atoms with van der Waals surface area (Å²) in [6.07, 6.45) is 23.3. The van der Waals surface area contributed by atoms with Crippen LogP contribution in [0.1, 0.15) is 136 Å². The van der Waals surface area contributed by atoms with E-state index in [2.05, 4.69) is 20.8 Å². The Bertz CT molecular complexity index is 259. The Morgan fingerprint density at radius 2 is 0.889 bits per heavy atom. The van der Waals surface area contributed by atoms with E-state index in [1.54, 1.807) is 21.7 Å². The molecule has 0 bridgehead atoms. The van der Waals surface area contributed by atoms with Gasteiger partial charge in [-0.3, -0.25) is 4.79 Å². The van der Waals surface area contributed by atoms with Crippen molar-refractivity contribution >= 4 is 27.1 Å². The molecule has 0 fully saturated rings. The molecule has 0 aliphatic rings. The molecule has 3 heteroatoms. The number of unbranched alkanes of at least 4 members (excludes halogenated alkanes) is 14. The normalized spacial score (nSPS) is 10.5. The van der Waals surface area contributed by atoms with Gasteiger partial charge >= 0.3 is 101 Å². The standard InChI is InChI=1S/C12H24O2.2C6H13.Sn/c1-2-3-4-5-6-7-8-9-10-11-12(13)14;2*1-3-5-6-4-2;/h2-11H2,1H3,(H,13,14);2*1,3-6H2,2H3;. The molecule has 0 aromatic heterocycles. The van der Waals surface area contributed by atoms with Gasteiger partial charge in [0, 0.05) is 6.42 Å². The average molecular weight is 489 g/mol. The Labute approximate surface area is 181 Å². The third-order valence-electron chi connectivity index (χ3n) is 4.91. The molecule has 0 atom stereocenters. The minimum absolute atomic E-state index is 0.104. The summed E-state index contributed by atoms with van der Waals surface area (Å²) in [5.41, 5.74) is 0. The van der Waals surface area contributed by atoms with Crippen LogP contribution in [-0.4, -0.2) is 32.2 Å². The second-order valence-corrected chi connectivity index (χ2v) is 12.1. The van der Waals surface area contributed by atoms with E-state index in [4.69, 9.17) is 5.11 Å². The summed E-state index contributed by atoms with van der Waals surface area (Å²) < 4.78 is 3.30. The first kappa shape index (κ1) is 29.5. The van der Waals surface area contributed by atoms with Crippen LogP contribution in [0.4, 0.5) is 0 Å². The summed E-state index contributed by atoms with van der Waals surface area (Å²) in [7, 11) is 0. The van der Waals surface area contributed by atoms with E-state index in [9.17, 15) is 4.79 Å². The van der Waals surface area contributed by atoms with Crippen molar-refractivity contribution in [3.8, 4) is 0 Å². The maximum atomic E-state index is 10.2. The molecule has 27 heavy (non-hydrogen) atoms. The fourth-order valence-corrected chi connectivity index (χ4v) is 6.63. The van der Waals surface area contributed by atoms with E-state index in [0.717, 1.165) is 12.8 Å². The van der Waals surface area contributed by atoms with Crippen molar-refractivity contribution in [3.63, 3.8) is 0 Å². The van der Waals surface area contributed by atoms with Gasteiger partial charge < -0.3 is 5.11 Å². The fourth-order valence-electron chi connectivity index (χ4n) is 3.07. The molecule has 0 heterocycles. The number of aliphatic carboxylic acids is 1. The van der Waals surface area contributed by atoms with Crippen molar-refractivity contribution < 1.29 is 9.90 Å².